The molecule has 1 aromatic heterocycles. The van der Waals surface area contributed by atoms with Crippen LogP contribution >= 0.6 is 11.6 Å². The average Bonchev–Trinajstić information content (AvgIpc) is 2.85. The minimum atomic E-state index is -0.511. The van der Waals surface area contributed by atoms with Crippen LogP contribution in [0.1, 0.15) is 29.8 Å². The lowest BCUT2D eigenvalue weighted by Crippen LogP contribution is -2.37. The summed E-state index contributed by atoms with van der Waals surface area (Å²) in [6.45, 7) is 0. The SMILES string of the molecule is CO[C@@H]1CC(OC(=O)c2ccc(Cl)o2)C[C@@H](OC)C1. The van der Waals surface area contributed by atoms with Gasteiger partial charge in [-0.25, -0.2) is 4.79 Å². The van der Waals surface area contributed by atoms with Crippen LogP contribution in [0.5, 0.6) is 0 Å². The molecule has 2 rings (SSSR count). The van der Waals surface area contributed by atoms with Crippen LogP contribution in [0.15, 0.2) is 16.5 Å². The van der Waals surface area contributed by atoms with Gasteiger partial charge in [-0.15, -0.1) is 0 Å². The Morgan fingerprint density at radius 1 is 1.16 bits per heavy atom. The van der Waals surface area contributed by atoms with Crippen LogP contribution in [0.3, 0.4) is 0 Å². The van der Waals surface area contributed by atoms with E-state index in [0.29, 0.717) is 12.8 Å². The molecule has 0 bridgehead atoms. The summed E-state index contributed by atoms with van der Waals surface area (Å²) in [6.07, 6.45) is 1.98. The fraction of sp³-hybridized carbons (Fsp3) is 0.615. The highest BCUT2D eigenvalue weighted by atomic mass is 35.5. The second kappa shape index (κ2) is 6.41. The van der Waals surface area contributed by atoms with Gasteiger partial charge in [-0.05, 0) is 23.7 Å². The number of hydrogen-bond acceptors (Lipinski definition) is 5. The summed E-state index contributed by atoms with van der Waals surface area (Å²) in [6, 6.07) is 3.00. The summed E-state index contributed by atoms with van der Waals surface area (Å²) in [7, 11) is 3.29. The molecule has 1 aliphatic rings. The van der Waals surface area contributed by atoms with Crippen LogP contribution < -0.4 is 0 Å². The van der Waals surface area contributed by atoms with Crippen molar-refractivity contribution in [1.82, 2.24) is 0 Å². The standard InChI is InChI=1S/C13H17ClO5/c1-16-8-5-9(17-2)7-10(6-8)18-13(15)11-3-4-12(14)19-11/h3-4,8-10H,5-7H2,1-2H3/t8-,9-/m0/s1. The number of halogens is 1. The lowest BCUT2D eigenvalue weighted by Gasteiger charge is -2.32. The molecule has 19 heavy (non-hydrogen) atoms. The van der Waals surface area contributed by atoms with Gasteiger partial charge in [0, 0.05) is 33.5 Å². The highest BCUT2D eigenvalue weighted by Crippen LogP contribution is 2.26. The fourth-order valence-corrected chi connectivity index (χ4v) is 2.43. The number of ether oxygens (including phenoxy) is 3. The van der Waals surface area contributed by atoms with Crippen LogP contribution in [-0.2, 0) is 14.2 Å². The number of methoxy groups -OCH3 is 2. The molecule has 0 radical (unpaired) electrons. The summed E-state index contributed by atoms with van der Waals surface area (Å²) in [5, 5.41) is 0.167. The third kappa shape index (κ3) is 3.72. The third-order valence-electron chi connectivity index (χ3n) is 3.29. The van der Waals surface area contributed by atoms with Gasteiger partial charge in [0.15, 0.2) is 5.22 Å². The first-order chi connectivity index (χ1) is 9.12. The largest absolute Gasteiger partial charge is 0.456 e. The predicted octanol–water partition coefficient (Wildman–Crippen LogP) is 2.67. The summed E-state index contributed by atoms with van der Waals surface area (Å²) in [5.74, 6) is -0.401. The number of esters is 1. The van der Waals surface area contributed by atoms with Gasteiger partial charge < -0.3 is 18.6 Å². The highest BCUT2D eigenvalue weighted by Gasteiger charge is 2.32. The van der Waals surface area contributed by atoms with Crippen LogP contribution in [0.25, 0.3) is 0 Å². The first-order valence-corrected chi connectivity index (χ1v) is 6.52. The van der Waals surface area contributed by atoms with Gasteiger partial charge in [0.25, 0.3) is 0 Å². The maximum atomic E-state index is 11.9. The zero-order valence-electron chi connectivity index (χ0n) is 10.9. The van der Waals surface area contributed by atoms with Crippen molar-refractivity contribution in [3.63, 3.8) is 0 Å². The Morgan fingerprint density at radius 2 is 1.74 bits per heavy atom. The van der Waals surface area contributed by atoms with Crippen molar-refractivity contribution in [2.24, 2.45) is 0 Å². The Bertz CT molecular complexity index is 418. The fourth-order valence-electron chi connectivity index (χ4n) is 2.28. The van der Waals surface area contributed by atoms with Gasteiger partial charge >= 0.3 is 5.97 Å². The second-order valence-corrected chi connectivity index (χ2v) is 4.93. The Labute approximate surface area is 116 Å². The minimum Gasteiger partial charge on any atom is -0.456 e. The number of hydrogen-bond donors (Lipinski definition) is 0. The van der Waals surface area contributed by atoms with E-state index in [9.17, 15) is 4.79 Å². The van der Waals surface area contributed by atoms with Crippen LogP contribution in [0.4, 0.5) is 0 Å². The van der Waals surface area contributed by atoms with E-state index in [0.717, 1.165) is 6.42 Å². The topological polar surface area (TPSA) is 57.9 Å². The van der Waals surface area contributed by atoms with Gasteiger partial charge in [0.05, 0.1) is 12.2 Å². The normalized spacial score (nSPS) is 27.2. The first kappa shape index (κ1) is 14.4. The zero-order chi connectivity index (χ0) is 13.8. The molecular weight excluding hydrogens is 272 g/mol. The number of carbonyl (C=O) groups excluding carboxylic acids is 1. The van der Waals surface area contributed by atoms with Crippen molar-refractivity contribution in [1.29, 1.82) is 0 Å². The molecule has 5 nitrogen and oxygen atoms in total. The molecule has 6 heteroatoms. The van der Waals surface area contributed by atoms with Crippen molar-refractivity contribution < 1.29 is 23.4 Å². The van der Waals surface area contributed by atoms with Crippen molar-refractivity contribution in [3.05, 3.63) is 23.1 Å². The molecule has 1 aromatic rings. The molecule has 0 unspecified atom stereocenters. The maximum Gasteiger partial charge on any atom is 0.374 e. The molecule has 106 valence electrons. The van der Waals surface area contributed by atoms with Crippen molar-refractivity contribution in [2.45, 2.75) is 37.6 Å². The molecule has 0 aromatic carbocycles. The molecule has 0 saturated heterocycles. The van der Waals surface area contributed by atoms with E-state index in [1.54, 1.807) is 14.2 Å². The number of carbonyl (C=O) groups is 1. The number of rotatable bonds is 4. The molecule has 0 N–H and O–H groups in total. The van der Waals surface area contributed by atoms with E-state index in [1.807, 2.05) is 0 Å². The predicted molar refractivity (Wildman–Crippen MR) is 68.4 cm³/mol. The van der Waals surface area contributed by atoms with Crippen molar-refractivity contribution >= 4 is 17.6 Å². The first-order valence-electron chi connectivity index (χ1n) is 6.14. The van der Waals surface area contributed by atoms with E-state index < -0.39 is 5.97 Å². The zero-order valence-corrected chi connectivity index (χ0v) is 11.7. The lowest BCUT2D eigenvalue weighted by atomic mass is 9.92. The second-order valence-electron chi connectivity index (χ2n) is 4.55. The Hall–Kier alpha value is -1.04. The van der Waals surface area contributed by atoms with Crippen LogP contribution in [0.2, 0.25) is 5.22 Å². The van der Waals surface area contributed by atoms with Gasteiger partial charge in [0.1, 0.15) is 6.10 Å². The number of furan rings is 1. The smallest absolute Gasteiger partial charge is 0.374 e. The summed E-state index contributed by atoms with van der Waals surface area (Å²) < 4.78 is 21.1. The summed E-state index contributed by atoms with van der Waals surface area (Å²) in [4.78, 5) is 11.9. The quantitative estimate of drug-likeness (QED) is 0.797. The van der Waals surface area contributed by atoms with Gasteiger partial charge in [-0.1, -0.05) is 0 Å². The van der Waals surface area contributed by atoms with Crippen molar-refractivity contribution in [2.75, 3.05) is 14.2 Å². The Morgan fingerprint density at radius 3 is 2.21 bits per heavy atom. The average molecular weight is 289 g/mol. The molecule has 1 fully saturated rings. The van der Waals surface area contributed by atoms with E-state index in [1.165, 1.54) is 12.1 Å². The molecule has 0 aliphatic heterocycles. The molecule has 0 amide bonds. The summed E-state index contributed by atoms with van der Waals surface area (Å²) in [5.41, 5.74) is 0. The minimum absolute atomic E-state index is 0.0386. The van der Waals surface area contributed by atoms with Gasteiger partial charge in [-0.3, -0.25) is 0 Å². The molecule has 2 atom stereocenters. The monoisotopic (exact) mass is 288 g/mol. The van der Waals surface area contributed by atoms with E-state index in [-0.39, 0.29) is 29.3 Å². The lowest BCUT2D eigenvalue weighted by molar-refractivity contribution is -0.0664. The van der Waals surface area contributed by atoms with E-state index >= 15 is 0 Å². The third-order valence-corrected chi connectivity index (χ3v) is 3.50. The van der Waals surface area contributed by atoms with Crippen molar-refractivity contribution in [3.8, 4) is 0 Å². The Balaban J connectivity index is 1.95. The maximum absolute atomic E-state index is 11.9. The van der Waals surface area contributed by atoms with Gasteiger partial charge in [-0.2, -0.15) is 0 Å². The van der Waals surface area contributed by atoms with Crippen LogP contribution in [0, 0.1) is 0 Å². The molecule has 1 saturated carbocycles. The summed E-state index contributed by atoms with van der Waals surface area (Å²) >= 11 is 5.62. The van der Waals surface area contributed by atoms with E-state index in [4.69, 9.17) is 30.2 Å². The molecule has 1 aliphatic carbocycles. The Kier molecular flexibility index (Phi) is 4.85. The molecule has 1 heterocycles. The highest BCUT2D eigenvalue weighted by molar-refractivity contribution is 6.29. The van der Waals surface area contributed by atoms with Gasteiger partial charge in [0.2, 0.25) is 5.76 Å². The van der Waals surface area contributed by atoms with Crippen LogP contribution in [-0.4, -0.2) is 38.5 Å². The molecule has 0 spiro atoms. The van der Waals surface area contributed by atoms with E-state index in [2.05, 4.69) is 0 Å². The molecular formula is C13H17ClO5.